The number of hydrogen-bond donors (Lipinski definition) is 1. The molecule has 1 unspecified atom stereocenters. The highest BCUT2D eigenvalue weighted by molar-refractivity contribution is 6.74. The molecule has 4 nitrogen and oxygen atoms in total. The summed E-state index contributed by atoms with van der Waals surface area (Å²) >= 11 is 6.46. The van der Waals surface area contributed by atoms with Crippen LogP contribution in [0.15, 0.2) is 12.3 Å². The first-order valence-corrected chi connectivity index (χ1v) is 15.4. The first-order valence-electron chi connectivity index (χ1n) is 9.21. The SMILES string of the molecule is CC(C)(C)[Si](C)(C)OCC(O[Si](C)(C)C(C)(C)C)c1ncc(N)cc1Cl. The van der Waals surface area contributed by atoms with Crippen molar-refractivity contribution >= 4 is 33.9 Å². The zero-order valence-corrected chi connectivity index (χ0v) is 20.9. The van der Waals surface area contributed by atoms with Gasteiger partial charge >= 0.3 is 0 Å². The van der Waals surface area contributed by atoms with Gasteiger partial charge < -0.3 is 14.6 Å². The van der Waals surface area contributed by atoms with Gasteiger partial charge in [0.05, 0.1) is 29.2 Å². The van der Waals surface area contributed by atoms with Crippen LogP contribution in [0.3, 0.4) is 0 Å². The van der Waals surface area contributed by atoms with E-state index in [0.29, 0.717) is 23.0 Å². The molecule has 0 aromatic carbocycles. The zero-order valence-electron chi connectivity index (χ0n) is 18.2. The van der Waals surface area contributed by atoms with Gasteiger partial charge in [-0.05, 0) is 42.3 Å². The molecule has 0 spiro atoms. The van der Waals surface area contributed by atoms with Crippen molar-refractivity contribution in [1.29, 1.82) is 0 Å². The topological polar surface area (TPSA) is 57.4 Å². The lowest BCUT2D eigenvalue weighted by molar-refractivity contribution is 0.105. The van der Waals surface area contributed by atoms with E-state index in [-0.39, 0.29) is 16.2 Å². The number of anilines is 1. The van der Waals surface area contributed by atoms with E-state index in [9.17, 15) is 0 Å². The van der Waals surface area contributed by atoms with E-state index in [1.807, 2.05) is 0 Å². The Bertz CT molecular complexity index is 623. The molecule has 0 radical (unpaired) electrons. The third-order valence-electron chi connectivity index (χ3n) is 5.84. The van der Waals surface area contributed by atoms with Crippen molar-refractivity contribution in [1.82, 2.24) is 4.98 Å². The van der Waals surface area contributed by atoms with Crippen LogP contribution in [0.5, 0.6) is 0 Å². The number of nitrogens with zero attached hydrogens (tertiary/aromatic N) is 1. The second-order valence-electron chi connectivity index (χ2n) is 10.1. The Morgan fingerprint density at radius 1 is 1.04 bits per heavy atom. The van der Waals surface area contributed by atoms with Crippen molar-refractivity contribution in [3.8, 4) is 0 Å². The monoisotopic (exact) mass is 416 g/mol. The lowest BCUT2D eigenvalue weighted by atomic mass is 10.2. The van der Waals surface area contributed by atoms with Gasteiger partial charge in [0.1, 0.15) is 6.10 Å². The summed E-state index contributed by atoms with van der Waals surface area (Å²) in [5, 5.41) is 0.752. The van der Waals surface area contributed by atoms with Crippen molar-refractivity contribution in [3.63, 3.8) is 0 Å². The fourth-order valence-corrected chi connectivity index (χ4v) is 4.44. The second kappa shape index (κ2) is 7.91. The third kappa shape index (κ3) is 5.79. The summed E-state index contributed by atoms with van der Waals surface area (Å²) in [5.74, 6) is 0. The van der Waals surface area contributed by atoms with Crippen molar-refractivity contribution in [2.75, 3.05) is 12.3 Å². The number of pyridine rings is 1. The molecule has 1 aromatic heterocycles. The average molecular weight is 417 g/mol. The molecule has 1 atom stereocenters. The lowest BCUT2D eigenvalue weighted by Crippen LogP contribution is -2.45. The molecule has 7 heteroatoms. The molecule has 0 saturated heterocycles. The van der Waals surface area contributed by atoms with Gasteiger partial charge in [-0.3, -0.25) is 4.98 Å². The van der Waals surface area contributed by atoms with Gasteiger partial charge in [-0.1, -0.05) is 53.1 Å². The quantitative estimate of drug-likeness (QED) is 0.544. The van der Waals surface area contributed by atoms with Crippen LogP contribution < -0.4 is 5.73 Å². The molecule has 2 N–H and O–H groups in total. The minimum atomic E-state index is -2.02. The summed E-state index contributed by atoms with van der Waals surface area (Å²) in [4.78, 5) is 4.48. The minimum Gasteiger partial charge on any atom is -0.414 e. The van der Waals surface area contributed by atoms with E-state index in [0.717, 1.165) is 0 Å². The Morgan fingerprint density at radius 3 is 1.96 bits per heavy atom. The van der Waals surface area contributed by atoms with E-state index in [2.05, 4.69) is 72.7 Å². The van der Waals surface area contributed by atoms with Gasteiger partial charge in [-0.25, -0.2) is 0 Å². The smallest absolute Gasteiger partial charge is 0.193 e. The van der Waals surface area contributed by atoms with Gasteiger partial charge in [0.25, 0.3) is 0 Å². The molecule has 0 aliphatic rings. The van der Waals surface area contributed by atoms with Crippen LogP contribution in [0.25, 0.3) is 0 Å². The van der Waals surface area contributed by atoms with Gasteiger partial charge in [0.15, 0.2) is 16.6 Å². The first kappa shape index (κ1) is 23.6. The van der Waals surface area contributed by atoms with Crippen LogP contribution in [-0.4, -0.2) is 28.2 Å². The molecule has 0 aliphatic heterocycles. The Kier molecular flexibility index (Phi) is 7.19. The summed E-state index contributed by atoms with van der Waals surface area (Å²) in [6, 6.07) is 1.73. The molecule has 0 aliphatic carbocycles. The molecule has 26 heavy (non-hydrogen) atoms. The molecule has 0 saturated carbocycles. The highest BCUT2D eigenvalue weighted by Crippen LogP contribution is 2.42. The highest BCUT2D eigenvalue weighted by Gasteiger charge is 2.42. The van der Waals surface area contributed by atoms with Crippen LogP contribution in [0, 0.1) is 0 Å². The normalized spacial score (nSPS) is 15.2. The number of aromatic nitrogens is 1. The standard InChI is InChI=1S/C19H37ClN2O2Si2/c1-18(2,3)25(7,8)23-13-16(24-26(9,10)19(4,5)6)17-15(20)11-14(21)12-22-17/h11-12,16H,13,21H2,1-10H3. The fraction of sp³-hybridized carbons (Fsp3) is 0.737. The van der Waals surface area contributed by atoms with Crippen LogP contribution in [0.1, 0.15) is 53.3 Å². The van der Waals surface area contributed by atoms with Crippen molar-refractivity contribution < 1.29 is 8.85 Å². The molecule has 0 bridgehead atoms. The van der Waals surface area contributed by atoms with E-state index < -0.39 is 16.6 Å². The molecule has 1 aromatic rings. The number of rotatable bonds is 6. The molecular weight excluding hydrogens is 380 g/mol. The Morgan fingerprint density at radius 2 is 1.54 bits per heavy atom. The van der Waals surface area contributed by atoms with Crippen LogP contribution in [0.2, 0.25) is 41.3 Å². The largest absolute Gasteiger partial charge is 0.414 e. The number of halogens is 1. The third-order valence-corrected chi connectivity index (χ3v) is 15.1. The maximum absolute atomic E-state index is 6.67. The van der Waals surface area contributed by atoms with Crippen LogP contribution in [0.4, 0.5) is 5.69 Å². The van der Waals surface area contributed by atoms with Crippen molar-refractivity contribution in [2.24, 2.45) is 0 Å². The van der Waals surface area contributed by atoms with E-state index in [1.54, 1.807) is 12.3 Å². The van der Waals surface area contributed by atoms with Crippen LogP contribution in [-0.2, 0) is 8.85 Å². The van der Waals surface area contributed by atoms with E-state index in [1.165, 1.54) is 0 Å². The predicted octanol–water partition coefficient (Wildman–Crippen LogP) is 6.40. The molecule has 1 rings (SSSR count). The Balaban J connectivity index is 3.18. The molecule has 150 valence electrons. The summed E-state index contributed by atoms with van der Waals surface area (Å²) in [7, 11) is -3.93. The molecule has 1 heterocycles. The average Bonchev–Trinajstić information content (AvgIpc) is 2.41. The second-order valence-corrected chi connectivity index (χ2v) is 20.0. The Hall–Kier alpha value is -0.406. The number of nitrogens with two attached hydrogens (primary N) is 1. The minimum absolute atomic E-state index is 0.0858. The highest BCUT2D eigenvalue weighted by atomic mass is 35.5. The molecule has 0 amide bonds. The van der Waals surface area contributed by atoms with Gasteiger partial charge in [0.2, 0.25) is 0 Å². The van der Waals surface area contributed by atoms with Gasteiger partial charge in [-0.15, -0.1) is 0 Å². The van der Waals surface area contributed by atoms with Crippen LogP contribution >= 0.6 is 11.6 Å². The van der Waals surface area contributed by atoms with E-state index >= 15 is 0 Å². The first-order chi connectivity index (χ1) is 11.5. The summed E-state index contributed by atoms with van der Waals surface area (Å²) in [5.41, 5.74) is 7.08. The zero-order chi connectivity index (χ0) is 20.6. The fourth-order valence-electron chi connectivity index (χ4n) is 1.90. The maximum Gasteiger partial charge on any atom is 0.193 e. The predicted molar refractivity (Wildman–Crippen MR) is 118 cm³/mol. The summed E-state index contributed by atoms with van der Waals surface area (Å²) in [6.45, 7) is 22.8. The van der Waals surface area contributed by atoms with Crippen molar-refractivity contribution in [3.05, 3.63) is 23.0 Å². The Labute approximate surface area is 167 Å². The summed E-state index contributed by atoms with van der Waals surface area (Å²) in [6.07, 6.45) is 1.34. The van der Waals surface area contributed by atoms with E-state index in [4.69, 9.17) is 26.2 Å². The molecular formula is C19H37ClN2O2Si2. The lowest BCUT2D eigenvalue weighted by Gasteiger charge is -2.41. The van der Waals surface area contributed by atoms with Crippen molar-refractivity contribution in [2.45, 2.75) is 83.9 Å². The number of hydrogen-bond acceptors (Lipinski definition) is 4. The summed E-state index contributed by atoms with van der Waals surface area (Å²) < 4.78 is 13.1. The maximum atomic E-state index is 6.67. The molecule has 0 fully saturated rings. The van der Waals surface area contributed by atoms with Gasteiger partial charge in [-0.2, -0.15) is 0 Å². The number of nitrogen functional groups attached to an aromatic ring is 1. The van der Waals surface area contributed by atoms with Gasteiger partial charge in [0, 0.05) is 0 Å².